The number of rotatable bonds is 7. The Balaban J connectivity index is 1.73. The number of aromatic nitrogens is 5. The maximum absolute atomic E-state index is 13.5. The predicted octanol–water partition coefficient (Wildman–Crippen LogP) is 5.02. The average Bonchev–Trinajstić information content (AvgIpc) is 3.57. The van der Waals surface area contributed by atoms with Crippen LogP contribution in [-0.4, -0.2) is 30.1 Å². The smallest absolute Gasteiger partial charge is 0.253 e. The second-order valence-electron chi connectivity index (χ2n) is 9.73. The molecule has 5 aromatic rings. The lowest BCUT2D eigenvalue weighted by Gasteiger charge is -2.32. The normalized spacial score (nSPS) is 13.1. The Morgan fingerprint density at radius 3 is 2.71 bits per heavy atom. The summed E-state index contributed by atoms with van der Waals surface area (Å²) in [4.78, 5) is 20.0. The van der Waals surface area contributed by atoms with Gasteiger partial charge in [-0.05, 0) is 85.3 Å². The number of aromatic amines is 1. The van der Waals surface area contributed by atoms with E-state index in [1.54, 1.807) is 22.3 Å². The summed E-state index contributed by atoms with van der Waals surface area (Å²) in [5, 5.41) is 15.8. The van der Waals surface area contributed by atoms with E-state index in [9.17, 15) is 4.79 Å². The summed E-state index contributed by atoms with van der Waals surface area (Å²) in [6, 6.07) is 15.4. The Bertz CT molecular complexity index is 1440. The number of pyridine rings is 1. The van der Waals surface area contributed by atoms with Gasteiger partial charge in [0.25, 0.3) is 5.56 Å². The number of aryl methyl sites for hydroxylation is 1. The highest BCUT2D eigenvalue weighted by Gasteiger charge is 2.34. The van der Waals surface area contributed by atoms with Crippen molar-refractivity contribution < 1.29 is 4.42 Å². The van der Waals surface area contributed by atoms with Gasteiger partial charge in [-0.15, -0.1) is 16.4 Å². The highest BCUT2D eigenvalue weighted by atomic mass is 32.1. The van der Waals surface area contributed by atoms with Crippen molar-refractivity contribution in [2.24, 2.45) is 0 Å². The van der Waals surface area contributed by atoms with Crippen LogP contribution in [0.25, 0.3) is 10.9 Å². The van der Waals surface area contributed by atoms with E-state index in [1.165, 1.54) is 4.88 Å². The van der Waals surface area contributed by atoms with Crippen molar-refractivity contribution in [3.8, 4) is 0 Å². The lowest BCUT2D eigenvalue weighted by molar-refractivity contribution is 0.173. The van der Waals surface area contributed by atoms with E-state index >= 15 is 0 Å². The van der Waals surface area contributed by atoms with Crippen LogP contribution in [0.15, 0.2) is 69.4 Å². The second-order valence-corrected chi connectivity index (χ2v) is 10.8. The molecule has 4 heterocycles. The van der Waals surface area contributed by atoms with E-state index < -0.39 is 6.04 Å². The fourth-order valence-electron chi connectivity index (χ4n) is 4.33. The van der Waals surface area contributed by atoms with Gasteiger partial charge in [0.2, 0.25) is 0 Å². The molecule has 0 saturated carbocycles. The van der Waals surface area contributed by atoms with Crippen LogP contribution >= 0.6 is 11.3 Å². The molecule has 1 atom stereocenters. The molecule has 0 amide bonds. The Morgan fingerprint density at radius 1 is 1.14 bits per heavy atom. The number of hydrogen-bond donors (Lipinski definition) is 1. The molecule has 0 aliphatic rings. The molecule has 0 radical (unpaired) electrons. The maximum Gasteiger partial charge on any atom is 0.253 e. The molecule has 4 aromatic heterocycles. The van der Waals surface area contributed by atoms with Crippen molar-refractivity contribution in [2.75, 3.05) is 0 Å². The monoisotopic (exact) mass is 488 g/mol. The molecule has 0 aliphatic carbocycles. The molecular formula is C26H28N6O2S. The molecule has 5 rings (SSSR count). The van der Waals surface area contributed by atoms with Crippen LogP contribution in [0.3, 0.4) is 0 Å². The van der Waals surface area contributed by atoms with Crippen LogP contribution in [0.1, 0.15) is 54.4 Å². The molecule has 0 fully saturated rings. The first-order valence-corrected chi connectivity index (χ1v) is 12.4. The van der Waals surface area contributed by atoms with E-state index in [4.69, 9.17) is 4.42 Å². The summed E-state index contributed by atoms with van der Waals surface area (Å²) in [7, 11) is 0. The summed E-state index contributed by atoms with van der Waals surface area (Å²) < 4.78 is 7.52. The average molecular weight is 489 g/mol. The van der Waals surface area contributed by atoms with E-state index in [2.05, 4.69) is 42.9 Å². The maximum atomic E-state index is 13.5. The molecule has 0 spiro atoms. The molecule has 1 aromatic carbocycles. The fraction of sp³-hybridized carbons (Fsp3) is 0.308. The third-order valence-electron chi connectivity index (χ3n) is 5.94. The number of hydrogen-bond acceptors (Lipinski definition) is 7. The standard InChI is InChI=1S/C26H28N6O2S/c1-17-9-10-22-18(13-17)14-21(25(33)27-22)23(24-28-29-30-32(24)26(2,3)4)31(15-19-7-5-11-34-19)16-20-8-6-12-35-20/h5-14,23H,15-16H2,1-4H3,(H,27,33)/t23-/m1/s1. The van der Waals surface area contributed by atoms with Gasteiger partial charge < -0.3 is 9.40 Å². The molecule has 9 heteroatoms. The molecule has 1 N–H and O–H groups in total. The Hall–Kier alpha value is -3.56. The zero-order valence-corrected chi connectivity index (χ0v) is 21.0. The zero-order valence-electron chi connectivity index (χ0n) is 20.2. The van der Waals surface area contributed by atoms with Crippen molar-refractivity contribution in [1.29, 1.82) is 0 Å². The first-order chi connectivity index (χ1) is 16.8. The third kappa shape index (κ3) is 4.82. The Labute approximate surface area is 207 Å². The summed E-state index contributed by atoms with van der Waals surface area (Å²) in [5.41, 5.74) is 1.97. The molecule has 8 nitrogen and oxygen atoms in total. The van der Waals surface area contributed by atoms with Crippen molar-refractivity contribution in [3.63, 3.8) is 0 Å². The number of thiophene rings is 1. The van der Waals surface area contributed by atoms with Gasteiger partial charge in [-0.3, -0.25) is 9.69 Å². The van der Waals surface area contributed by atoms with E-state index in [1.807, 2.05) is 64.1 Å². The van der Waals surface area contributed by atoms with Gasteiger partial charge in [-0.25, -0.2) is 4.68 Å². The summed E-state index contributed by atoms with van der Waals surface area (Å²) in [5.74, 6) is 1.41. The Morgan fingerprint density at radius 2 is 2.00 bits per heavy atom. The number of H-pyrrole nitrogens is 1. The van der Waals surface area contributed by atoms with Crippen molar-refractivity contribution in [2.45, 2.75) is 52.4 Å². The van der Waals surface area contributed by atoms with Gasteiger partial charge in [0.05, 0.1) is 18.3 Å². The van der Waals surface area contributed by atoms with Crippen molar-refractivity contribution >= 4 is 22.2 Å². The van der Waals surface area contributed by atoms with Crippen molar-refractivity contribution in [3.05, 3.63) is 98.1 Å². The van der Waals surface area contributed by atoms with Crippen LogP contribution in [-0.2, 0) is 18.6 Å². The highest BCUT2D eigenvalue weighted by molar-refractivity contribution is 7.09. The van der Waals surface area contributed by atoms with Gasteiger partial charge in [0.1, 0.15) is 11.8 Å². The highest BCUT2D eigenvalue weighted by Crippen LogP contribution is 2.32. The predicted molar refractivity (Wildman–Crippen MR) is 136 cm³/mol. The molecule has 0 aliphatic heterocycles. The fourth-order valence-corrected chi connectivity index (χ4v) is 5.06. The zero-order chi connectivity index (χ0) is 24.6. The number of fused-ring (bicyclic) bond motifs is 1. The quantitative estimate of drug-likeness (QED) is 0.346. The van der Waals surface area contributed by atoms with Gasteiger partial charge in [0, 0.05) is 22.5 Å². The first-order valence-electron chi connectivity index (χ1n) is 11.5. The topological polar surface area (TPSA) is 92.8 Å². The molecule has 0 bridgehead atoms. The molecule has 0 saturated heterocycles. The van der Waals surface area contributed by atoms with Gasteiger partial charge in [0.15, 0.2) is 5.82 Å². The Kier molecular flexibility index (Phi) is 6.12. The van der Waals surface area contributed by atoms with E-state index in [0.717, 1.165) is 22.2 Å². The lowest BCUT2D eigenvalue weighted by Crippen LogP contribution is -2.37. The summed E-state index contributed by atoms with van der Waals surface area (Å²) >= 11 is 1.68. The second kappa shape index (κ2) is 9.24. The first kappa shape index (κ1) is 23.2. The van der Waals surface area contributed by atoms with Crippen LogP contribution in [0, 0.1) is 6.92 Å². The number of nitrogens with zero attached hydrogens (tertiary/aromatic N) is 5. The van der Waals surface area contributed by atoms with Crippen LogP contribution in [0.5, 0.6) is 0 Å². The SMILES string of the molecule is Cc1ccc2[nH]c(=O)c([C@H](c3nnnn3C(C)(C)C)N(Cc3ccco3)Cc3cccs3)cc2c1. The van der Waals surface area contributed by atoms with Crippen molar-refractivity contribution in [1.82, 2.24) is 30.1 Å². The number of nitrogens with one attached hydrogen (secondary N) is 1. The van der Waals surface area contributed by atoms with Gasteiger partial charge >= 0.3 is 0 Å². The minimum absolute atomic E-state index is 0.162. The van der Waals surface area contributed by atoms with Gasteiger partial charge in [-0.2, -0.15) is 0 Å². The van der Waals surface area contributed by atoms with Crippen LogP contribution < -0.4 is 5.56 Å². The largest absolute Gasteiger partial charge is 0.468 e. The minimum Gasteiger partial charge on any atom is -0.468 e. The number of tetrazole rings is 1. The molecule has 35 heavy (non-hydrogen) atoms. The number of benzene rings is 1. The molecule has 180 valence electrons. The minimum atomic E-state index is -0.509. The summed E-state index contributed by atoms with van der Waals surface area (Å²) in [6.07, 6.45) is 1.67. The third-order valence-corrected chi connectivity index (χ3v) is 6.80. The lowest BCUT2D eigenvalue weighted by atomic mass is 10.0. The van der Waals surface area contributed by atoms with E-state index in [-0.39, 0.29) is 11.1 Å². The van der Waals surface area contributed by atoms with Crippen LogP contribution in [0.2, 0.25) is 0 Å². The molecule has 0 unspecified atom stereocenters. The number of furan rings is 1. The molecular weight excluding hydrogens is 460 g/mol. The summed E-state index contributed by atoms with van der Waals surface area (Å²) in [6.45, 7) is 9.28. The van der Waals surface area contributed by atoms with E-state index in [0.29, 0.717) is 24.5 Å². The van der Waals surface area contributed by atoms with Crippen LogP contribution in [0.4, 0.5) is 0 Å². The van der Waals surface area contributed by atoms with Gasteiger partial charge in [-0.1, -0.05) is 17.7 Å².